The second kappa shape index (κ2) is 5.84. The van der Waals surface area contributed by atoms with Crippen molar-refractivity contribution in [1.29, 1.82) is 0 Å². The molecule has 3 rings (SSSR count). The highest BCUT2D eigenvalue weighted by Gasteiger charge is 2.13. The molecule has 0 radical (unpaired) electrons. The molecule has 0 saturated heterocycles. The van der Waals surface area contributed by atoms with Crippen LogP contribution in [0.5, 0.6) is 5.75 Å². The molecule has 114 valence electrons. The first-order valence-electron chi connectivity index (χ1n) is 7.54. The minimum Gasteiger partial charge on any atom is -0.487 e. The number of aryl methyl sites for hydroxylation is 1. The van der Waals surface area contributed by atoms with Gasteiger partial charge >= 0.3 is 0 Å². The quantitative estimate of drug-likeness (QED) is 0.641. The zero-order valence-corrected chi connectivity index (χ0v) is 13.1. The Labute approximate surface area is 130 Å². The number of hydrogen-bond acceptors (Lipinski definition) is 1. The number of fused-ring (bicyclic) bond motifs is 1. The zero-order chi connectivity index (χ0) is 15.7. The van der Waals surface area contributed by atoms with E-state index in [2.05, 4.69) is 24.5 Å². The van der Waals surface area contributed by atoms with E-state index in [0.29, 0.717) is 6.61 Å². The van der Waals surface area contributed by atoms with Gasteiger partial charge in [0.2, 0.25) is 0 Å². The van der Waals surface area contributed by atoms with Crippen LogP contribution in [-0.2, 0) is 6.61 Å². The predicted octanol–water partition coefficient (Wildman–Crippen LogP) is 5.25. The Kier molecular flexibility index (Phi) is 3.88. The van der Waals surface area contributed by atoms with Gasteiger partial charge in [-0.15, -0.1) is 0 Å². The van der Waals surface area contributed by atoms with E-state index in [0.717, 1.165) is 27.9 Å². The van der Waals surface area contributed by atoms with Crippen molar-refractivity contribution < 1.29 is 9.13 Å². The number of para-hydroxylation sites is 1. The summed E-state index contributed by atoms with van der Waals surface area (Å²) in [6.07, 6.45) is 0. The molecule has 0 aliphatic carbocycles. The Morgan fingerprint density at radius 2 is 1.86 bits per heavy atom. The van der Waals surface area contributed by atoms with Gasteiger partial charge in [0.25, 0.3) is 0 Å². The van der Waals surface area contributed by atoms with Crippen LogP contribution in [0.4, 0.5) is 4.39 Å². The van der Waals surface area contributed by atoms with Crippen LogP contribution >= 0.6 is 0 Å². The standard InChI is InChI=1S/C19H20FNO/c1-13(2)21-17(10-15-8-9-16(20)11-18(15)21)12-22-19-7-5-4-6-14(19)3/h4-11,13H,12H2,1-3H3. The van der Waals surface area contributed by atoms with Crippen LogP contribution in [0.25, 0.3) is 10.9 Å². The molecule has 2 nitrogen and oxygen atoms in total. The fourth-order valence-corrected chi connectivity index (χ4v) is 2.84. The Bertz CT molecular complexity index is 804. The molecule has 0 unspecified atom stereocenters. The summed E-state index contributed by atoms with van der Waals surface area (Å²) in [7, 11) is 0. The lowest BCUT2D eigenvalue weighted by molar-refractivity contribution is 0.291. The molecule has 0 spiro atoms. The lowest BCUT2D eigenvalue weighted by atomic mass is 10.2. The Balaban J connectivity index is 1.96. The fraction of sp³-hybridized carbons (Fsp3) is 0.263. The average molecular weight is 297 g/mol. The molecule has 2 aromatic carbocycles. The van der Waals surface area contributed by atoms with Crippen molar-refractivity contribution in [3.63, 3.8) is 0 Å². The molecule has 0 saturated carbocycles. The summed E-state index contributed by atoms with van der Waals surface area (Å²) in [6.45, 7) is 6.70. The molecule has 0 amide bonds. The van der Waals surface area contributed by atoms with E-state index in [9.17, 15) is 4.39 Å². The largest absolute Gasteiger partial charge is 0.487 e. The summed E-state index contributed by atoms with van der Waals surface area (Å²) in [5.41, 5.74) is 3.08. The molecular formula is C19H20FNO. The molecule has 1 heterocycles. The summed E-state index contributed by atoms with van der Waals surface area (Å²) in [5.74, 6) is 0.674. The highest BCUT2D eigenvalue weighted by Crippen LogP contribution is 2.26. The van der Waals surface area contributed by atoms with Crippen LogP contribution in [0.2, 0.25) is 0 Å². The van der Waals surface area contributed by atoms with E-state index in [4.69, 9.17) is 4.74 Å². The van der Waals surface area contributed by atoms with E-state index >= 15 is 0 Å². The highest BCUT2D eigenvalue weighted by atomic mass is 19.1. The van der Waals surface area contributed by atoms with Crippen LogP contribution in [0, 0.1) is 12.7 Å². The van der Waals surface area contributed by atoms with E-state index in [1.165, 1.54) is 6.07 Å². The van der Waals surface area contributed by atoms with E-state index in [-0.39, 0.29) is 11.9 Å². The summed E-state index contributed by atoms with van der Waals surface area (Å²) >= 11 is 0. The molecule has 0 aliphatic heterocycles. The first-order valence-corrected chi connectivity index (χ1v) is 7.54. The first kappa shape index (κ1) is 14.6. The number of halogens is 1. The molecule has 3 aromatic rings. The van der Waals surface area contributed by atoms with Gasteiger partial charge in [0.05, 0.1) is 11.2 Å². The second-order valence-electron chi connectivity index (χ2n) is 5.86. The number of rotatable bonds is 4. The number of benzene rings is 2. The molecule has 1 aromatic heterocycles. The number of ether oxygens (including phenoxy) is 1. The lowest BCUT2D eigenvalue weighted by Gasteiger charge is -2.16. The van der Waals surface area contributed by atoms with Gasteiger partial charge in [-0.2, -0.15) is 0 Å². The lowest BCUT2D eigenvalue weighted by Crippen LogP contribution is -2.08. The minimum atomic E-state index is -0.209. The molecule has 0 fully saturated rings. The SMILES string of the molecule is Cc1ccccc1OCc1cc2ccc(F)cc2n1C(C)C. The van der Waals surface area contributed by atoms with Crippen molar-refractivity contribution in [2.75, 3.05) is 0 Å². The second-order valence-corrected chi connectivity index (χ2v) is 5.86. The third-order valence-corrected chi connectivity index (χ3v) is 3.87. The number of hydrogen-bond donors (Lipinski definition) is 0. The van der Waals surface area contributed by atoms with Crippen LogP contribution < -0.4 is 4.74 Å². The van der Waals surface area contributed by atoms with Gasteiger partial charge < -0.3 is 9.30 Å². The first-order chi connectivity index (χ1) is 10.6. The minimum absolute atomic E-state index is 0.209. The van der Waals surface area contributed by atoms with Gasteiger partial charge in [-0.1, -0.05) is 18.2 Å². The van der Waals surface area contributed by atoms with Gasteiger partial charge in [0.15, 0.2) is 0 Å². The monoisotopic (exact) mass is 297 g/mol. The fourth-order valence-electron chi connectivity index (χ4n) is 2.84. The van der Waals surface area contributed by atoms with Crippen LogP contribution in [0.1, 0.15) is 31.1 Å². The molecule has 0 atom stereocenters. The zero-order valence-electron chi connectivity index (χ0n) is 13.1. The topological polar surface area (TPSA) is 14.2 Å². The number of nitrogens with zero attached hydrogens (tertiary/aromatic N) is 1. The van der Waals surface area contributed by atoms with Gasteiger partial charge in [-0.25, -0.2) is 4.39 Å². The molecule has 0 N–H and O–H groups in total. The van der Waals surface area contributed by atoms with Crippen molar-refractivity contribution >= 4 is 10.9 Å². The highest BCUT2D eigenvalue weighted by molar-refractivity contribution is 5.81. The van der Waals surface area contributed by atoms with E-state index in [1.807, 2.05) is 37.3 Å². The van der Waals surface area contributed by atoms with Gasteiger partial charge in [-0.3, -0.25) is 0 Å². The molecule has 0 aliphatic rings. The van der Waals surface area contributed by atoms with Crippen LogP contribution in [-0.4, -0.2) is 4.57 Å². The van der Waals surface area contributed by atoms with Crippen LogP contribution in [0.3, 0.4) is 0 Å². The maximum absolute atomic E-state index is 13.5. The average Bonchev–Trinajstić information content (AvgIpc) is 2.84. The predicted molar refractivity (Wildman–Crippen MR) is 87.8 cm³/mol. The van der Waals surface area contributed by atoms with Crippen LogP contribution in [0.15, 0.2) is 48.5 Å². The third-order valence-electron chi connectivity index (χ3n) is 3.87. The normalized spacial score (nSPS) is 11.3. The van der Waals surface area contributed by atoms with Gasteiger partial charge in [0.1, 0.15) is 18.2 Å². The Hall–Kier alpha value is -2.29. The van der Waals surface area contributed by atoms with Crippen molar-refractivity contribution in [2.24, 2.45) is 0 Å². The van der Waals surface area contributed by atoms with Gasteiger partial charge in [-0.05, 0) is 56.7 Å². The third kappa shape index (κ3) is 2.71. The molecular weight excluding hydrogens is 277 g/mol. The maximum atomic E-state index is 13.5. The summed E-state index contributed by atoms with van der Waals surface area (Å²) in [6, 6.07) is 15.2. The maximum Gasteiger partial charge on any atom is 0.128 e. The van der Waals surface area contributed by atoms with Gasteiger partial charge in [0, 0.05) is 11.4 Å². The Morgan fingerprint density at radius 3 is 2.59 bits per heavy atom. The van der Waals surface area contributed by atoms with E-state index in [1.54, 1.807) is 6.07 Å². The van der Waals surface area contributed by atoms with Crippen molar-refractivity contribution in [1.82, 2.24) is 4.57 Å². The Morgan fingerprint density at radius 1 is 1.09 bits per heavy atom. The van der Waals surface area contributed by atoms with Crippen molar-refractivity contribution in [2.45, 2.75) is 33.4 Å². The van der Waals surface area contributed by atoms with Crippen molar-refractivity contribution in [3.05, 3.63) is 65.6 Å². The smallest absolute Gasteiger partial charge is 0.128 e. The van der Waals surface area contributed by atoms with E-state index < -0.39 is 0 Å². The summed E-state index contributed by atoms with van der Waals surface area (Å²) < 4.78 is 21.6. The molecule has 22 heavy (non-hydrogen) atoms. The molecule has 3 heteroatoms. The summed E-state index contributed by atoms with van der Waals surface area (Å²) in [4.78, 5) is 0. The summed E-state index contributed by atoms with van der Waals surface area (Å²) in [5, 5.41) is 1.04. The number of aromatic nitrogens is 1. The van der Waals surface area contributed by atoms with Crippen molar-refractivity contribution in [3.8, 4) is 5.75 Å². The molecule has 0 bridgehead atoms.